The highest BCUT2D eigenvalue weighted by Crippen LogP contribution is 2.16. The highest BCUT2D eigenvalue weighted by Gasteiger charge is 2.22. The molecule has 4 heteroatoms. The van der Waals surface area contributed by atoms with Crippen molar-refractivity contribution in [2.24, 2.45) is 5.41 Å². The molecule has 0 aromatic rings. The van der Waals surface area contributed by atoms with Crippen molar-refractivity contribution in [2.75, 3.05) is 6.61 Å². The van der Waals surface area contributed by atoms with E-state index in [-0.39, 0.29) is 5.97 Å². The molecule has 0 atom stereocenters. The quantitative estimate of drug-likeness (QED) is 0.386. The first kappa shape index (κ1) is 20.9. The Balaban J connectivity index is 3.18. The lowest BCUT2D eigenvalue weighted by molar-refractivity contribution is -0.153. The summed E-state index contributed by atoms with van der Waals surface area (Å²) in [6, 6.07) is 0. The van der Waals surface area contributed by atoms with Crippen LogP contribution in [-0.2, 0) is 14.3 Å². The van der Waals surface area contributed by atoms with Crippen LogP contribution in [0.1, 0.15) is 91.4 Å². The molecular formula is C18H34O4. The van der Waals surface area contributed by atoms with E-state index < -0.39 is 11.4 Å². The summed E-state index contributed by atoms with van der Waals surface area (Å²) in [5.74, 6) is -0.802. The minimum Gasteiger partial charge on any atom is -0.481 e. The van der Waals surface area contributed by atoms with Crippen LogP contribution in [0.2, 0.25) is 0 Å². The van der Waals surface area contributed by atoms with Crippen LogP contribution < -0.4 is 0 Å². The molecule has 0 saturated carbocycles. The number of esters is 1. The SMILES string of the molecule is CC(C)(C)C(=O)OCCCCCCCCCCCCC(=O)O. The van der Waals surface area contributed by atoms with Crippen molar-refractivity contribution in [2.45, 2.75) is 91.4 Å². The number of ether oxygens (including phenoxy) is 1. The Labute approximate surface area is 135 Å². The van der Waals surface area contributed by atoms with Gasteiger partial charge >= 0.3 is 11.9 Å². The summed E-state index contributed by atoms with van der Waals surface area (Å²) in [6.07, 6.45) is 11.5. The maximum Gasteiger partial charge on any atom is 0.311 e. The van der Waals surface area contributed by atoms with Crippen LogP contribution in [0.3, 0.4) is 0 Å². The number of hydrogen-bond donors (Lipinski definition) is 1. The summed E-state index contributed by atoms with van der Waals surface area (Å²) in [7, 11) is 0. The summed E-state index contributed by atoms with van der Waals surface area (Å²) in [5, 5.41) is 8.52. The molecule has 0 saturated heterocycles. The van der Waals surface area contributed by atoms with E-state index in [0.717, 1.165) is 32.1 Å². The lowest BCUT2D eigenvalue weighted by atomic mass is 9.97. The molecule has 0 aromatic carbocycles. The van der Waals surface area contributed by atoms with Gasteiger partial charge in [0.15, 0.2) is 0 Å². The van der Waals surface area contributed by atoms with Gasteiger partial charge in [0.05, 0.1) is 12.0 Å². The molecule has 0 radical (unpaired) electrons. The van der Waals surface area contributed by atoms with Crippen LogP contribution in [0.15, 0.2) is 0 Å². The van der Waals surface area contributed by atoms with Crippen molar-refractivity contribution in [3.8, 4) is 0 Å². The minimum absolute atomic E-state index is 0.115. The zero-order valence-electron chi connectivity index (χ0n) is 14.7. The Hall–Kier alpha value is -1.06. The highest BCUT2D eigenvalue weighted by molar-refractivity contribution is 5.75. The maximum absolute atomic E-state index is 11.5. The van der Waals surface area contributed by atoms with Gasteiger partial charge in [0.25, 0.3) is 0 Å². The molecule has 22 heavy (non-hydrogen) atoms. The molecule has 0 amide bonds. The van der Waals surface area contributed by atoms with Gasteiger partial charge in [-0.3, -0.25) is 9.59 Å². The molecule has 0 unspecified atom stereocenters. The fourth-order valence-electron chi connectivity index (χ4n) is 2.17. The van der Waals surface area contributed by atoms with Gasteiger partial charge in [-0.05, 0) is 33.6 Å². The third kappa shape index (κ3) is 13.9. The zero-order chi connectivity index (χ0) is 16.8. The van der Waals surface area contributed by atoms with Crippen LogP contribution in [0.25, 0.3) is 0 Å². The van der Waals surface area contributed by atoms with Gasteiger partial charge in [-0.2, -0.15) is 0 Å². The lowest BCUT2D eigenvalue weighted by Crippen LogP contribution is -2.23. The number of unbranched alkanes of at least 4 members (excludes halogenated alkanes) is 9. The van der Waals surface area contributed by atoms with E-state index >= 15 is 0 Å². The average Bonchev–Trinajstić information content (AvgIpc) is 2.42. The van der Waals surface area contributed by atoms with Gasteiger partial charge in [0.1, 0.15) is 0 Å². The Morgan fingerprint density at radius 1 is 0.773 bits per heavy atom. The fourth-order valence-corrected chi connectivity index (χ4v) is 2.17. The topological polar surface area (TPSA) is 63.6 Å². The number of carboxylic acids is 1. The van der Waals surface area contributed by atoms with Gasteiger partial charge in [0.2, 0.25) is 0 Å². The summed E-state index contributed by atoms with van der Waals surface area (Å²) in [4.78, 5) is 21.9. The van der Waals surface area contributed by atoms with Crippen LogP contribution in [0.5, 0.6) is 0 Å². The molecule has 0 rings (SSSR count). The number of carbonyl (C=O) groups is 2. The molecule has 0 bridgehead atoms. The summed E-state index contributed by atoms with van der Waals surface area (Å²) in [5.41, 5.74) is -0.398. The maximum atomic E-state index is 11.5. The second kappa shape index (κ2) is 12.5. The van der Waals surface area contributed by atoms with E-state index in [2.05, 4.69) is 0 Å². The Bertz CT molecular complexity index is 305. The van der Waals surface area contributed by atoms with Crippen LogP contribution in [0.4, 0.5) is 0 Å². The van der Waals surface area contributed by atoms with Crippen molar-refractivity contribution < 1.29 is 19.4 Å². The van der Waals surface area contributed by atoms with Gasteiger partial charge < -0.3 is 9.84 Å². The van der Waals surface area contributed by atoms with Gasteiger partial charge in [-0.15, -0.1) is 0 Å². The molecule has 4 nitrogen and oxygen atoms in total. The minimum atomic E-state index is -0.687. The zero-order valence-corrected chi connectivity index (χ0v) is 14.7. The summed E-state index contributed by atoms with van der Waals surface area (Å²) < 4.78 is 5.23. The van der Waals surface area contributed by atoms with Crippen molar-refractivity contribution in [1.82, 2.24) is 0 Å². The van der Waals surface area contributed by atoms with E-state index in [9.17, 15) is 9.59 Å². The number of hydrogen-bond acceptors (Lipinski definition) is 3. The van der Waals surface area contributed by atoms with Crippen molar-refractivity contribution in [3.05, 3.63) is 0 Å². The van der Waals surface area contributed by atoms with E-state index in [4.69, 9.17) is 9.84 Å². The fraction of sp³-hybridized carbons (Fsp3) is 0.889. The number of carbonyl (C=O) groups excluding carboxylic acids is 1. The Kier molecular flexibility index (Phi) is 11.9. The Morgan fingerprint density at radius 3 is 1.59 bits per heavy atom. The predicted molar refractivity (Wildman–Crippen MR) is 88.8 cm³/mol. The average molecular weight is 314 g/mol. The second-order valence-corrected chi connectivity index (χ2v) is 7.07. The molecular weight excluding hydrogens is 280 g/mol. The normalized spacial score (nSPS) is 11.4. The van der Waals surface area contributed by atoms with Crippen molar-refractivity contribution in [1.29, 1.82) is 0 Å². The van der Waals surface area contributed by atoms with E-state index in [1.165, 1.54) is 32.1 Å². The van der Waals surface area contributed by atoms with Gasteiger partial charge in [0, 0.05) is 6.42 Å². The van der Waals surface area contributed by atoms with Crippen LogP contribution >= 0.6 is 0 Å². The number of carboxylic acid groups (broad SMARTS) is 1. The third-order valence-electron chi connectivity index (χ3n) is 3.63. The van der Waals surface area contributed by atoms with E-state index in [0.29, 0.717) is 13.0 Å². The molecule has 0 aliphatic heterocycles. The van der Waals surface area contributed by atoms with Gasteiger partial charge in [-0.1, -0.05) is 51.4 Å². The Morgan fingerprint density at radius 2 is 1.18 bits per heavy atom. The monoisotopic (exact) mass is 314 g/mol. The second-order valence-electron chi connectivity index (χ2n) is 7.07. The number of aliphatic carboxylic acids is 1. The van der Waals surface area contributed by atoms with Gasteiger partial charge in [-0.25, -0.2) is 0 Å². The predicted octanol–water partition coefficient (Wildman–Crippen LogP) is 4.95. The lowest BCUT2D eigenvalue weighted by Gasteiger charge is -2.16. The molecule has 0 spiro atoms. The van der Waals surface area contributed by atoms with Crippen molar-refractivity contribution >= 4 is 11.9 Å². The molecule has 0 aliphatic carbocycles. The van der Waals surface area contributed by atoms with Crippen molar-refractivity contribution in [3.63, 3.8) is 0 Å². The first-order valence-corrected chi connectivity index (χ1v) is 8.73. The highest BCUT2D eigenvalue weighted by atomic mass is 16.5. The first-order chi connectivity index (χ1) is 10.3. The first-order valence-electron chi connectivity index (χ1n) is 8.73. The summed E-state index contributed by atoms with van der Waals surface area (Å²) >= 11 is 0. The van der Waals surface area contributed by atoms with E-state index in [1.807, 2.05) is 20.8 Å². The molecule has 0 aromatic heterocycles. The molecule has 0 heterocycles. The molecule has 1 N–H and O–H groups in total. The third-order valence-corrected chi connectivity index (χ3v) is 3.63. The van der Waals surface area contributed by atoms with E-state index in [1.54, 1.807) is 0 Å². The molecule has 0 fully saturated rings. The number of rotatable bonds is 13. The standard InChI is InChI=1S/C18H34O4/c1-18(2,3)17(21)22-15-13-11-9-7-5-4-6-8-10-12-14-16(19)20/h4-15H2,1-3H3,(H,19,20). The largest absolute Gasteiger partial charge is 0.481 e. The molecule has 0 aliphatic rings. The molecule has 130 valence electrons. The van der Waals surface area contributed by atoms with Crippen LogP contribution in [0, 0.1) is 5.41 Å². The summed E-state index contributed by atoms with van der Waals surface area (Å²) in [6.45, 7) is 6.16. The van der Waals surface area contributed by atoms with Crippen LogP contribution in [-0.4, -0.2) is 23.7 Å². The smallest absolute Gasteiger partial charge is 0.311 e.